The zero-order chi connectivity index (χ0) is 9.68. The van der Waals surface area contributed by atoms with E-state index in [0.29, 0.717) is 6.29 Å². The Morgan fingerprint density at radius 2 is 2.54 bits per heavy atom. The standard InChI is InChI=1S/C7H10N4O2/c8-6(5-11(9)2-3-12)7-10-1-4-13-7/h1,3-5H,2,8-9H2/b6-5-. The smallest absolute Gasteiger partial charge is 0.243 e. The Kier molecular flexibility index (Phi) is 3.04. The molecule has 6 heteroatoms. The molecule has 0 unspecified atom stereocenters. The number of aromatic nitrogens is 1. The molecule has 0 bridgehead atoms. The fourth-order valence-electron chi connectivity index (χ4n) is 0.739. The lowest BCUT2D eigenvalue weighted by atomic mass is 10.5. The zero-order valence-corrected chi connectivity index (χ0v) is 6.88. The van der Waals surface area contributed by atoms with Gasteiger partial charge in [0.1, 0.15) is 18.2 Å². The fourth-order valence-corrected chi connectivity index (χ4v) is 0.739. The number of nitrogens with two attached hydrogens (primary N) is 2. The first-order chi connectivity index (χ1) is 6.24. The topological polar surface area (TPSA) is 98.4 Å². The number of hydrazine groups is 1. The van der Waals surface area contributed by atoms with Crippen LogP contribution in [0.15, 0.2) is 23.1 Å². The minimum atomic E-state index is 0.0708. The maximum atomic E-state index is 10.1. The van der Waals surface area contributed by atoms with Crippen LogP contribution in [0.25, 0.3) is 5.70 Å². The number of oxazole rings is 1. The third-order valence-corrected chi connectivity index (χ3v) is 1.27. The summed E-state index contributed by atoms with van der Waals surface area (Å²) < 4.78 is 4.90. The van der Waals surface area contributed by atoms with E-state index >= 15 is 0 Å². The second kappa shape index (κ2) is 4.27. The van der Waals surface area contributed by atoms with Crippen molar-refractivity contribution in [2.45, 2.75) is 0 Å². The summed E-state index contributed by atoms with van der Waals surface area (Å²) in [6.45, 7) is 0.0708. The van der Waals surface area contributed by atoms with Crippen LogP contribution in [-0.4, -0.2) is 22.8 Å². The Balaban J connectivity index is 2.66. The lowest BCUT2D eigenvalue weighted by molar-refractivity contribution is -0.108. The fraction of sp³-hybridized carbons (Fsp3) is 0.143. The van der Waals surface area contributed by atoms with Gasteiger partial charge in [-0.15, -0.1) is 0 Å². The van der Waals surface area contributed by atoms with Gasteiger partial charge in [-0.3, -0.25) is 0 Å². The molecule has 0 atom stereocenters. The first-order valence-corrected chi connectivity index (χ1v) is 3.56. The van der Waals surface area contributed by atoms with Crippen LogP contribution >= 0.6 is 0 Å². The molecule has 1 heterocycles. The third-order valence-electron chi connectivity index (χ3n) is 1.27. The highest BCUT2D eigenvalue weighted by molar-refractivity contribution is 5.56. The largest absolute Gasteiger partial charge is 0.443 e. The van der Waals surface area contributed by atoms with Gasteiger partial charge in [-0.05, 0) is 0 Å². The normalized spacial score (nSPS) is 11.3. The number of rotatable bonds is 4. The van der Waals surface area contributed by atoms with Gasteiger partial charge in [0.05, 0.1) is 12.7 Å². The predicted molar refractivity (Wildman–Crippen MR) is 45.6 cm³/mol. The molecule has 4 N–H and O–H groups in total. The second-order valence-corrected chi connectivity index (χ2v) is 2.29. The summed E-state index contributed by atoms with van der Waals surface area (Å²) in [5.41, 5.74) is 5.81. The van der Waals surface area contributed by atoms with Gasteiger partial charge in [0, 0.05) is 6.20 Å². The maximum absolute atomic E-state index is 10.1. The van der Waals surface area contributed by atoms with E-state index in [0.717, 1.165) is 5.01 Å². The Labute approximate surface area is 74.8 Å². The minimum absolute atomic E-state index is 0.0708. The molecule has 0 aromatic carbocycles. The van der Waals surface area contributed by atoms with Crippen LogP contribution in [0, 0.1) is 0 Å². The number of nitrogens with zero attached hydrogens (tertiary/aromatic N) is 2. The van der Waals surface area contributed by atoms with Crippen molar-refractivity contribution >= 4 is 12.0 Å². The number of carbonyl (C=O) groups is 1. The molecule has 70 valence electrons. The van der Waals surface area contributed by atoms with Crippen LogP contribution in [0.3, 0.4) is 0 Å². The molecule has 0 saturated carbocycles. The summed E-state index contributed by atoms with van der Waals surface area (Å²) in [6, 6.07) is 0. The Morgan fingerprint density at radius 1 is 1.77 bits per heavy atom. The molecule has 6 nitrogen and oxygen atoms in total. The predicted octanol–water partition coefficient (Wildman–Crippen LogP) is -0.694. The Hall–Kier alpha value is -1.82. The van der Waals surface area contributed by atoms with Gasteiger partial charge in [-0.25, -0.2) is 10.8 Å². The molecule has 0 saturated heterocycles. The lowest BCUT2D eigenvalue weighted by Gasteiger charge is -2.08. The van der Waals surface area contributed by atoms with Crippen LogP contribution in [0.5, 0.6) is 0 Å². The molecule has 0 aliphatic heterocycles. The summed E-state index contributed by atoms with van der Waals surface area (Å²) in [6.07, 6.45) is 4.91. The molecule has 1 aromatic heterocycles. The monoisotopic (exact) mass is 182 g/mol. The number of hydrogen-bond acceptors (Lipinski definition) is 6. The van der Waals surface area contributed by atoms with Crippen molar-refractivity contribution in [3.05, 3.63) is 24.6 Å². The second-order valence-electron chi connectivity index (χ2n) is 2.29. The summed E-state index contributed by atoms with van der Waals surface area (Å²) in [7, 11) is 0. The van der Waals surface area contributed by atoms with Crippen LogP contribution < -0.4 is 11.6 Å². The van der Waals surface area contributed by atoms with Crippen LogP contribution in [0.1, 0.15) is 5.89 Å². The quantitative estimate of drug-likeness (QED) is 0.363. The van der Waals surface area contributed by atoms with Gasteiger partial charge in [0.2, 0.25) is 5.89 Å². The van der Waals surface area contributed by atoms with E-state index < -0.39 is 0 Å². The van der Waals surface area contributed by atoms with Gasteiger partial charge >= 0.3 is 0 Å². The number of carbonyl (C=O) groups excluding carboxylic acids is 1. The Morgan fingerprint density at radius 3 is 3.08 bits per heavy atom. The lowest BCUT2D eigenvalue weighted by Crippen LogP contribution is -2.28. The van der Waals surface area contributed by atoms with Crippen molar-refractivity contribution in [3.63, 3.8) is 0 Å². The van der Waals surface area contributed by atoms with Crippen molar-refractivity contribution in [2.24, 2.45) is 11.6 Å². The summed E-state index contributed by atoms with van der Waals surface area (Å²) in [4.78, 5) is 13.9. The van der Waals surface area contributed by atoms with Gasteiger partial charge in [0.15, 0.2) is 0 Å². The van der Waals surface area contributed by atoms with Gasteiger partial charge in [-0.2, -0.15) is 0 Å². The van der Waals surface area contributed by atoms with E-state index in [2.05, 4.69) is 4.98 Å². The van der Waals surface area contributed by atoms with Crippen molar-refractivity contribution in [3.8, 4) is 0 Å². The molecule has 0 fully saturated rings. The van der Waals surface area contributed by atoms with Crippen molar-refractivity contribution in [1.82, 2.24) is 9.99 Å². The van der Waals surface area contributed by atoms with Crippen LogP contribution in [0.4, 0.5) is 0 Å². The first kappa shape index (κ1) is 9.27. The summed E-state index contributed by atoms with van der Waals surface area (Å²) >= 11 is 0. The molecule has 13 heavy (non-hydrogen) atoms. The molecular formula is C7H10N4O2. The molecule has 0 spiro atoms. The van der Waals surface area contributed by atoms with E-state index in [1.807, 2.05) is 0 Å². The average molecular weight is 182 g/mol. The van der Waals surface area contributed by atoms with Crippen molar-refractivity contribution < 1.29 is 9.21 Å². The molecular weight excluding hydrogens is 172 g/mol. The maximum Gasteiger partial charge on any atom is 0.243 e. The summed E-state index contributed by atoms with van der Waals surface area (Å²) in [5.74, 6) is 5.65. The first-order valence-electron chi connectivity index (χ1n) is 3.56. The molecule has 0 amide bonds. The zero-order valence-electron chi connectivity index (χ0n) is 6.88. The minimum Gasteiger partial charge on any atom is -0.443 e. The van der Waals surface area contributed by atoms with Gasteiger partial charge in [-0.1, -0.05) is 0 Å². The molecule has 0 aliphatic carbocycles. The number of hydrogen-bond donors (Lipinski definition) is 2. The Bertz CT molecular complexity index is 293. The van der Waals surface area contributed by atoms with Crippen molar-refractivity contribution in [1.29, 1.82) is 0 Å². The highest BCUT2D eigenvalue weighted by Gasteiger charge is 2.01. The van der Waals surface area contributed by atoms with Crippen LogP contribution in [-0.2, 0) is 4.79 Å². The molecule has 1 aromatic rings. The average Bonchev–Trinajstić information content (AvgIpc) is 2.55. The highest BCUT2D eigenvalue weighted by atomic mass is 16.3. The molecule has 0 radical (unpaired) electrons. The van der Waals surface area contributed by atoms with E-state index in [1.165, 1.54) is 18.7 Å². The van der Waals surface area contributed by atoms with Crippen LogP contribution in [0.2, 0.25) is 0 Å². The SMILES string of the molecule is N/C(=C\N(N)CC=O)c1ncco1. The molecule has 1 rings (SSSR count). The van der Waals surface area contributed by atoms with E-state index in [4.69, 9.17) is 16.0 Å². The van der Waals surface area contributed by atoms with Crippen molar-refractivity contribution in [2.75, 3.05) is 6.54 Å². The summed E-state index contributed by atoms with van der Waals surface area (Å²) in [5, 5.41) is 1.15. The van der Waals surface area contributed by atoms with E-state index in [9.17, 15) is 4.79 Å². The van der Waals surface area contributed by atoms with Gasteiger partial charge < -0.3 is 20.0 Å². The molecule has 0 aliphatic rings. The van der Waals surface area contributed by atoms with E-state index in [-0.39, 0.29) is 18.1 Å². The van der Waals surface area contributed by atoms with E-state index in [1.54, 1.807) is 0 Å². The third kappa shape index (κ3) is 2.60. The number of aldehydes is 1. The highest BCUT2D eigenvalue weighted by Crippen LogP contribution is 2.04. The van der Waals surface area contributed by atoms with Gasteiger partial charge in [0.25, 0.3) is 0 Å².